The standard InChI is InChI=1S/C18H19N7O2/c1-11-7-15(21-10-16(26)19-2)24-17(22-11)25-18(27)23-14-4-3-13-9-20-6-5-12(13)8-14/h3-9H,10H2,1-2H3,(H,19,26)(H3,21,22,23,24,25,27). The van der Waals surface area contributed by atoms with Gasteiger partial charge in [0, 0.05) is 42.3 Å². The van der Waals surface area contributed by atoms with Crippen molar-refractivity contribution in [3.63, 3.8) is 0 Å². The molecule has 0 aliphatic heterocycles. The second kappa shape index (κ2) is 8.09. The zero-order chi connectivity index (χ0) is 19.2. The number of hydrogen-bond donors (Lipinski definition) is 4. The van der Waals surface area contributed by atoms with E-state index in [9.17, 15) is 9.59 Å². The first kappa shape index (κ1) is 18.1. The zero-order valence-corrected chi connectivity index (χ0v) is 14.9. The number of carbonyl (C=O) groups is 2. The number of fused-ring (bicyclic) bond motifs is 1. The van der Waals surface area contributed by atoms with Crippen LogP contribution in [0.3, 0.4) is 0 Å². The van der Waals surface area contributed by atoms with Gasteiger partial charge in [-0.3, -0.25) is 15.1 Å². The van der Waals surface area contributed by atoms with Crippen LogP contribution in [0.1, 0.15) is 5.69 Å². The number of likely N-dealkylation sites (N-methyl/N-ethyl adjacent to an activating group) is 1. The largest absolute Gasteiger partial charge is 0.361 e. The third kappa shape index (κ3) is 4.88. The molecule has 1 aromatic carbocycles. The minimum absolute atomic E-state index is 0.0739. The van der Waals surface area contributed by atoms with Crippen LogP contribution in [0.4, 0.5) is 22.2 Å². The predicted molar refractivity (Wildman–Crippen MR) is 104 cm³/mol. The molecule has 0 saturated heterocycles. The molecule has 9 nitrogen and oxygen atoms in total. The van der Waals surface area contributed by atoms with Crippen LogP contribution in [-0.4, -0.2) is 40.5 Å². The van der Waals surface area contributed by atoms with Crippen LogP contribution < -0.4 is 21.3 Å². The summed E-state index contributed by atoms with van der Waals surface area (Å²) in [6.07, 6.45) is 3.45. The fourth-order valence-electron chi connectivity index (χ4n) is 2.40. The van der Waals surface area contributed by atoms with E-state index in [4.69, 9.17) is 0 Å². The summed E-state index contributed by atoms with van der Waals surface area (Å²) in [4.78, 5) is 36.0. The van der Waals surface area contributed by atoms with Crippen molar-refractivity contribution < 1.29 is 9.59 Å². The van der Waals surface area contributed by atoms with Crippen molar-refractivity contribution in [3.8, 4) is 0 Å². The number of amides is 3. The summed E-state index contributed by atoms with van der Waals surface area (Å²) in [7, 11) is 1.55. The normalized spacial score (nSPS) is 10.3. The van der Waals surface area contributed by atoms with Crippen LogP contribution in [0.25, 0.3) is 10.8 Å². The van der Waals surface area contributed by atoms with Crippen molar-refractivity contribution in [2.24, 2.45) is 0 Å². The van der Waals surface area contributed by atoms with Crippen LogP contribution in [0.15, 0.2) is 42.7 Å². The summed E-state index contributed by atoms with van der Waals surface area (Å²) in [5.74, 6) is 0.404. The Morgan fingerprint density at radius 3 is 2.70 bits per heavy atom. The van der Waals surface area contributed by atoms with Crippen LogP contribution in [0, 0.1) is 6.92 Å². The smallest absolute Gasteiger partial charge is 0.326 e. The van der Waals surface area contributed by atoms with Crippen LogP contribution in [-0.2, 0) is 4.79 Å². The summed E-state index contributed by atoms with van der Waals surface area (Å²) >= 11 is 0. The molecule has 4 N–H and O–H groups in total. The fourth-order valence-corrected chi connectivity index (χ4v) is 2.40. The summed E-state index contributed by atoms with van der Waals surface area (Å²) in [6.45, 7) is 1.84. The Morgan fingerprint density at radius 2 is 1.89 bits per heavy atom. The molecule has 0 fully saturated rings. The van der Waals surface area contributed by atoms with E-state index in [0.29, 0.717) is 17.2 Å². The van der Waals surface area contributed by atoms with E-state index < -0.39 is 6.03 Å². The molecule has 0 atom stereocenters. The van der Waals surface area contributed by atoms with Crippen molar-refractivity contribution >= 4 is 40.2 Å². The maximum absolute atomic E-state index is 12.3. The van der Waals surface area contributed by atoms with E-state index >= 15 is 0 Å². The number of carbonyl (C=O) groups excluding carboxylic acids is 2. The maximum atomic E-state index is 12.3. The molecule has 0 spiro atoms. The molecule has 0 saturated carbocycles. The first-order chi connectivity index (χ1) is 13.0. The Bertz CT molecular complexity index is 990. The second-order valence-corrected chi connectivity index (χ2v) is 5.76. The van der Waals surface area contributed by atoms with Gasteiger partial charge in [-0.05, 0) is 30.5 Å². The van der Waals surface area contributed by atoms with E-state index in [2.05, 4.69) is 36.2 Å². The monoisotopic (exact) mass is 365 g/mol. The predicted octanol–water partition coefficient (Wildman–Crippen LogP) is 2.14. The summed E-state index contributed by atoms with van der Waals surface area (Å²) in [6, 6.07) is 8.60. The average molecular weight is 365 g/mol. The lowest BCUT2D eigenvalue weighted by Crippen LogP contribution is -2.27. The molecule has 3 amide bonds. The topological polar surface area (TPSA) is 121 Å². The van der Waals surface area contributed by atoms with Gasteiger partial charge in [0.05, 0.1) is 6.54 Å². The van der Waals surface area contributed by atoms with Gasteiger partial charge >= 0.3 is 6.03 Å². The van der Waals surface area contributed by atoms with Gasteiger partial charge in [-0.2, -0.15) is 4.98 Å². The van der Waals surface area contributed by atoms with E-state index in [1.165, 1.54) is 0 Å². The molecule has 9 heteroatoms. The highest BCUT2D eigenvalue weighted by Crippen LogP contribution is 2.18. The van der Waals surface area contributed by atoms with Gasteiger partial charge in [-0.15, -0.1) is 0 Å². The van der Waals surface area contributed by atoms with Crippen molar-refractivity contribution in [3.05, 3.63) is 48.4 Å². The molecule has 27 heavy (non-hydrogen) atoms. The Labute approximate surface area is 155 Å². The highest BCUT2D eigenvalue weighted by Gasteiger charge is 2.08. The number of hydrogen-bond acceptors (Lipinski definition) is 6. The highest BCUT2D eigenvalue weighted by molar-refractivity contribution is 6.00. The number of urea groups is 1. The number of pyridine rings is 1. The van der Waals surface area contributed by atoms with Crippen molar-refractivity contribution in [1.29, 1.82) is 0 Å². The molecule has 2 aromatic heterocycles. The number of rotatable bonds is 5. The number of nitrogens with zero attached hydrogens (tertiary/aromatic N) is 3. The number of aromatic nitrogens is 3. The maximum Gasteiger partial charge on any atom is 0.326 e. The van der Waals surface area contributed by atoms with Gasteiger partial charge in [0.2, 0.25) is 11.9 Å². The van der Waals surface area contributed by atoms with Crippen LogP contribution in [0.5, 0.6) is 0 Å². The molecule has 3 aromatic rings. The summed E-state index contributed by atoms with van der Waals surface area (Å²) in [5.41, 5.74) is 1.29. The molecular formula is C18H19N7O2. The van der Waals surface area contributed by atoms with Crippen molar-refractivity contribution in [1.82, 2.24) is 20.3 Å². The lowest BCUT2D eigenvalue weighted by Gasteiger charge is -2.10. The molecule has 0 aliphatic carbocycles. The Kier molecular flexibility index (Phi) is 5.41. The molecule has 0 unspecified atom stereocenters. The van der Waals surface area contributed by atoms with Gasteiger partial charge in [0.15, 0.2) is 0 Å². The molecule has 138 valence electrons. The second-order valence-electron chi connectivity index (χ2n) is 5.76. The first-order valence-corrected chi connectivity index (χ1v) is 8.25. The Balaban J connectivity index is 1.67. The van der Waals surface area contributed by atoms with E-state index in [1.807, 2.05) is 18.2 Å². The van der Waals surface area contributed by atoms with Gasteiger partial charge in [-0.1, -0.05) is 6.07 Å². The van der Waals surface area contributed by atoms with Crippen molar-refractivity contribution in [2.45, 2.75) is 6.92 Å². The Hall–Kier alpha value is -3.75. The van der Waals surface area contributed by atoms with Gasteiger partial charge in [0.1, 0.15) is 5.82 Å². The number of benzene rings is 1. The third-order valence-electron chi connectivity index (χ3n) is 3.69. The number of aryl methyl sites for hydroxylation is 1. The van der Waals surface area contributed by atoms with Crippen molar-refractivity contribution in [2.75, 3.05) is 29.5 Å². The fraction of sp³-hybridized carbons (Fsp3) is 0.167. The van der Waals surface area contributed by atoms with Gasteiger partial charge < -0.3 is 16.0 Å². The third-order valence-corrected chi connectivity index (χ3v) is 3.69. The highest BCUT2D eigenvalue weighted by atomic mass is 16.2. The average Bonchev–Trinajstić information content (AvgIpc) is 2.65. The minimum atomic E-state index is -0.466. The lowest BCUT2D eigenvalue weighted by atomic mass is 10.1. The minimum Gasteiger partial charge on any atom is -0.361 e. The summed E-state index contributed by atoms with van der Waals surface area (Å²) < 4.78 is 0. The number of nitrogens with one attached hydrogen (secondary N) is 4. The summed E-state index contributed by atoms with van der Waals surface area (Å²) in [5, 5.41) is 12.7. The molecule has 0 radical (unpaired) electrons. The van der Waals surface area contributed by atoms with E-state index in [1.54, 1.807) is 38.5 Å². The zero-order valence-electron chi connectivity index (χ0n) is 14.9. The molecule has 2 heterocycles. The molecule has 0 bridgehead atoms. The first-order valence-electron chi connectivity index (χ1n) is 8.25. The molecule has 3 rings (SSSR count). The van der Waals surface area contributed by atoms with E-state index in [-0.39, 0.29) is 18.4 Å². The van der Waals surface area contributed by atoms with Crippen LogP contribution in [0.2, 0.25) is 0 Å². The molecular weight excluding hydrogens is 346 g/mol. The SMILES string of the molecule is CNC(=O)CNc1cc(C)nc(NC(=O)Nc2ccc3cnccc3c2)n1. The molecule has 0 aliphatic rings. The van der Waals surface area contributed by atoms with E-state index in [0.717, 1.165) is 10.8 Å². The lowest BCUT2D eigenvalue weighted by molar-refractivity contribution is -0.118. The quantitative estimate of drug-likeness (QED) is 0.550. The Morgan fingerprint density at radius 1 is 1.04 bits per heavy atom. The number of anilines is 3. The van der Waals surface area contributed by atoms with Crippen LogP contribution >= 0.6 is 0 Å². The van der Waals surface area contributed by atoms with Gasteiger partial charge in [0.25, 0.3) is 0 Å². The van der Waals surface area contributed by atoms with Gasteiger partial charge in [-0.25, -0.2) is 9.78 Å².